The number of carbonyl (C=O) groups is 2. The zero-order valence-electron chi connectivity index (χ0n) is 40.9. The molecule has 5 nitrogen and oxygen atoms in total. The molecule has 356 valence electrons. The van der Waals surface area contributed by atoms with E-state index in [9.17, 15) is 9.59 Å². The third kappa shape index (κ3) is 49.7. The van der Waals surface area contributed by atoms with Crippen LogP contribution in [0.3, 0.4) is 0 Å². The predicted molar refractivity (Wildman–Crippen MR) is 270 cm³/mol. The molecule has 5 heteroatoms. The van der Waals surface area contributed by atoms with Gasteiger partial charge in [0.1, 0.15) is 6.61 Å². The van der Waals surface area contributed by atoms with Crippen LogP contribution in [0.15, 0.2) is 85.1 Å². The summed E-state index contributed by atoms with van der Waals surface area (Å²) in [6.07, 6.45) is 68.7. The molecular formula is C57H98O5. The molecule has 0 heterocycles. The fraction of sp³-hybridized carbons (Fsp3) is 0.719. The molecular weight excluding hydrogens is 765 g/mol. The summed E-state index contributed by atoms with van der Waals surface area (Å²) in [6, 6.07) is 0. The third-order valence-corrected chi connectivity index (χ3v) is 10.9. The monoisotopic (exact) mass is 863 g/mol. The predicted octanol–water partition coefficient (Wildman–Crippen LogP) is 17.7. The Hall–Kier alpha value is -2.92. The Bertz CT molecular complexity index is 1160. The van der Waals surface area contributed by atoms with Gasteiger partial charge >= 0.3 is 11.9 Å². The molecule has 0 saturated heterocycles. The summed E-state index contributed by atoms with van der Waals surface area (Å²) < 4.78 is 17.4. The Morgan fingerprint density at radius 2 is 0.726 bits per heavy atom. The zero-order chi connectivity index (χ0) is 44.9. The lowest BCUT2D eigenvalue weighted by Crippen LogP contribution is -2.30. The minimum Gasteiger partial charge on any atom is -0.462 e. The lowest BCUT2D eigenvalue weighted by atomic mass is 10.1. The molecule has 0 aliphatic rings. The summed E-state index contributed by atoms with van der Waals surface area (Å²) in [4.78, 5) is 25.4. The first-order valence-electron chi connectivity index (χ1n) is 26.1. The molecule has 0 aliphatic carbocycles. The van der Waals surface area contributed by atoms with Crippen molar-refractivity contribution in [2.24, 2.45) is 0 Å². The molecule has 0 spiro atoms. The molecule has 0 saturated carbocycles. The Kier molecular flexibility index (Phi) is 50.0. The Morgan fingerprint density at radius 3 is 1.18 bits per heavy atom. The molecule has 0 aromatic carbocycles. The fourth-order valence-corrected chi connectivity index (χ4v) is 7.06. The van der Waals surface area contributed by atoms with Crippen LogP contribution in [-0.4, -0.2) is 37.9 Å². The van der Waals surface area contributed by atoms with Crippen LogP contribution >= 0.6 is 0 Å². The number of unbranched alkanes of at least 4 members (excludes halogenated alkanes) is 22. The summed E-state index contributed by atoms with van der Waals surface area (Å²) in [6.45, 7) is 7.56. The Labute approximate surface area is 384 Å². The van der Waals surface area contributed by atoms with Crippen LogP contribution in [0.25, 0.3) is 0 Å². The standard InChI is InChI=1S/C57H98O5/c1-4-7-10-13-16-19-22-25-28-29-31-32-35-38-41-44-47-50-56(58)61-54-55(53-60-52-49-46-43-40-37-34-27-24-21-18-15-12-9-6-3)62-57(59)51-48-45-42-39-36-33-30-26-23-20-17-14-11-8-5-2/h7-8,10-11,16-17,19-21,24-26,28,30,55H,4-6,9,12-15,18,22-23,27,29,31-54H2,1-3H3/b10-7-,11-8-,19-16-,20-17-,24-21-,28-25-,30-26-. The first-order valence-corrected chi connectivity index (χ1v) is 26.1. The number of hydrogen-bond donors (Lipinski definition) is 0. The van der Waals surface area contributed by atoms with E-state index in [1.807, 2.05) is 0 Å². The van der Waals surface area contributed by atoms with E-state index in [2.05, 4.69) is 106 Å². The number of allylic oxidation sites excluding steroid dienone is 14. The van der Waals surface area contributed by atoms with Gasteiger partial charge in [-0.05, 0) is 109 Å². The molecule has 0 amide bonds. The summed E-state index contributed by atoms with van der Waals surface area (Å²) in [5.74, 6) is -0.430. The first-order chi connectivity index (χ1) is 30.6. The molecule has 0 aromatic rings. The van der Waals surface area contributed by atoms with E-state index < -0.39 is 6.10 Å². The van der Waals surface area contributed by atoms with Crippen molar-refractivity contribution >= 4 is 11.9 Å². The average Bonchev–Trinajstić information content (AvgIpc) is 3.27. The maximum atomic E-state index is 12.8. The van der Waals surface area contributed by atoms with Crippen LogP contribution in [0.5, 0.6) is 0 Å². The highest BCUT2D eigenvalue weighted by molar-refractivity contribution is 5.70. The molecule has 0 rings (SSSR count). The highest BCUT2D eigenvalue weighted by Crippen LogP contribution is 2.14. The van der Waals surface area contributed by atoms with Crippen LogP contribution in [0.1, 0.15) is 239 Å². The van der Waals surface area contributed by atoms with Gasteiger partial charge in [-0.25, -0.2) is 0 Å². The van der Waals surface area contributed by atoms with Crippen molar-refractivity contribution in [2.45, 2.75) is 245 Å². The van der Waals surface area contributed by atoms with Gasteiger partial charge in [0.25, 0.3) is 0 Å². The summed E-state index contributed by atoms with van der Waals surface area (Å²) in [5.41, 5.74) is 0. The van der Waals surface area contributed by atoms with Gasteiger partial charge in [0.05, 0.1) is 6.61 Å². The van der Waals surface area contributed by atoms with Crippen LogP contribution in [0.2, 0.25) is 0 Å². The normalized spacial score (nSPS) is 12.9. The molecule has 1 atom stereocenters. The lowest BCUT2D eigenvalue weighted by molar-refractivity contribution is -0.163. The summed E-state index contributed by atoms with van der Waals surface area (Å²) >= 11 is 0. The highest BCUT2D eigenvalue weighted by atomic mass is 16.6. The van der Waals surface area contributed by atoms with Crippen LogP contribution < -0.4 is 0 Å². The lowest BCUT2D eigenvalue weighted by Gasteiger charge is -2.18. The largest absolute Gasteiger partial charge is 0.462 e. The van der Waals surface area contributed by atoms with Crippen molar-refractivity contribution in [1.29, 1.82) is 0 Å². The van der Waals surface area contributed by atoms with Crippen LogP contribution in [0.4, 0.5) is 0 Å². The van der Waals surface area contributed by atoms with Crippen molar-refractivity contribution in [3.05, 3.63) is 85.1 Å². The summed E-state index contributed by atoms with van der Waals surface area (Å²) in [7, 11) is 0. The zero-order valence-corrected chi connectivity index (χ0v) is 40.9. The quantitative estimate of drug-likeness (QED) is 0.0346. The maximum absolute atomic E-state index is 12.8. The van der Waals surface area contributed by atoms with E-state index in [1.165, 1.54) is 103 Å². The molecule has 0 radical (unpaired) electrons. The van der Waals surface area contributed by atoms with E-state index in [0.29, 0.717) is 19.4 Å². The number of carbonyl (C=O) groups excluding carboxylic acids is 2. The molecule has 0 fully saturated rings. The van der Waals surface area contributed by atoms with Gasteiger partial charge in [0.2, 0.25) is 0 Å². The van der Waals surface area contributed by atoms with Gasteiger partial charge in [0.15, 0.2) is 6.10 Å². The number of hydrogen-bond acceptors (Lipinski definition) is 5. The minimum atomic E-state index is -0.556. The van der Waals surface area contributed by atoms with Gasteiger partial charge in [-0.15, -0.1) is 0 Å². The second-order valence-corrected chi connectivity index (χ2v) is 17.0. The van der Waals surface area contributed by atoms with Gasteiger partial charge < -0.3 is 14.2 Å². The number of rotatable bonds is 47. The molecule has 0 bridgehead atoms. The minimum absolute atomic E-state index is 0.0675. The van der Waals surface area contributed by atoms with E-state index in [1.54, 1.807) is 0 Å². The van der Waals surface area contributed by atoms with Gasteiger partial charge in [-0.2, -0.15) is 0 Å². The average molecular weight is 863 g/mol. The maximum Gasteiger partial charge on any atom is 0.306 e. The van der Waals surface area contributed by atoms with Crippen molar-refractivity contribution in [3.8, 4) is 0 Å². The van der Waals surface area contributed by atoms with Crippen LogP contribution in [-0.2, 0) is 23.8 Å². The van der Waals surface area contributed by atoms with Gasteiger partial charge in [-0.1, -0.05) is 202 Å². The van der Waals surface area contributed by atoms with E-state index in [-0.39, 0.29) is 25.2 Å². The molecule has 1 unspecified atom stereocenters. The number of ether oxygens (including phenoxy) is 3. The second kappa shape index (κ2) is 52.4. The van der Waals surface area contributed by atoms with Crippen molar-refractivity contribution in [1.82, 2.24) is 0 Å². The smallest absolute Gasteiger partial charge is 0.306 e. The van der Waals surface area contributed by atoms with Crippen molar-refractivity contribution in [3.63, 3.8) is 0 Å². The van der Waals surface area contributed by atoms with Crippen LogP contribution in [0, 0.1) is 0 Å². The third-order valence-electron chi connectivity index (χ3n) is 10.9. The first kappa shape index (κ1) is 59.1. The van der Waals surface area contributed by atoms with E-state index in [0.717, 1.165) is 103 Å². The van der Waals surface area contributed by atoms with Crippen molar-refractivity contribution in [2.75, 3.05) is 19.8 Å². The SMILES string of the molecule is CC/C=C\C/C=C\C/C=C\CCCCCCCCCC(=O)OCC(COCCCCCCCC/C=C\CCCCCC)OC(=O)CCCCCCC/C=C\C/C=C\C/C=C\CC. The summed E-state index contributed by atoms with van der Waals surface area (Å²) in [5, 5.41) is 0. The highest BCUT2D eigenvalue weighted by Gasteiger charge is 2.17. The van der Waals surface area contributed by atoms with E-state index in [4.69, 9.17) is 14.2 Å². The molecule has 0 aromatic heterocycles. The van der Waals surface area contributed by atoms with Gasteiger partial charge in [0, 0.05) is 19.4 Å². The second-order valence-electron chi connectivity index (χ2n) is 17.0. The van der Waals surface area contributed by atoms with Gasteiger partial charge in [-0.3, -0.25) is 9.59 Å². The number of esters is 2. The molecule has 0 aliphatic heterocycles. The Balaban J connectivity index is 4.32. The van der Waals surface area contributed by atoms with E-state index >= 15 is 0 Å². The van der Waals surface area contributed by atoms with Crippen molar-refractivity contribution < 1.29 is 23.8 Å². The molecule has 0 N–H and O–H groups in total. The Morgan fingerprint density at radius 1 is 0.371 bits per heavy atom. The topological polar surface area (TPSA) is 61.8 Å². The fourth-order valence-electron chi connectivity index (χ4n) is 7.06. The molecule has 62 heavy (non-hydrogen) atoms.